The zero-order valence-corrected chi connectivity index (χ0v) is 20.9. The smallest absolute Gasteiger partial charge is 0.102 e. The van der Waals surface area contributed by atoms with Crippen LogP contribution < -0.4 is 10.6 Å². The molecule has 1 aliphatic rings. The fraction of sp³-hybridized carbons (Fsp3) is 0.500. The van der Waals surface area contributed by atoms with E-state index in [1.54, 1.807) is 0 Å². The number of nitrogens with one attached hydrogen (secondary N) is 2. The molecular formula is C26H38FN5S. The van der Waals surface area contributed by atoms with E-state index < -0.39 is 6.17 Å². The summed E-state index contributed by atoms with van der Waals surface area (Å²) in [5, 5.41) is 20.3. The molecule has 0 bridgehead atoms. The molecule has 0 radical (unpaired) electrons. The molecule has 0 aliphatic carbocycles. The quantitative estimate of drug-likeness (QED) is 0.282. The lowest BCUT2D eigenvalue weighted by Crippen LogP contribution is -2.44. The fourth-order valence-corrected chi connectivity index (χ4v) is 4.16. The minimum absolute atomic E-state index is 0.487. The Bertz CT molecular complexity index is 854. The number of hydrogen-bond donors (Lipinski definition) is 3. The molecule has 1 fully saturated rings. The number of hydrogen-bond acceptors (Lipinski definition) is 6. The molecule has 7 heteroatoms. The van der Waals surface area contributed by atoms with Crippen molar-refractivity contribution in [1.82, 2.24) is 20.7 Å². The molecule has 1 aliphatic heterocycles. The molecule has 2 rings (SSSR count). The summed E-state index contributed by atoms with van der Waals surface area (Å²) in [7, 11) is 3.66. The number of nitrogens with zero attached hydrogens (tertiary/aromatic N) is 3. The second-order valence-corrected chi connectivity index (χ2v) is 8.72. The largest absolute Gasteiger partial charge is 0.388 e. The van der Waals surface area contributed by atoms with Crippen molar-refractivity contribution in [3.63, 3.8) is 0 Å². The van der Waals surface area contributed by atoms with E-state index in [-0.39, 0.29) is 0 Å². The van der Waals surface area contributed by atoms with E-state index in [0.29, 0.717) is 43.6 Å². The first-order valence-corrected chi connectivity index (χ1v) is 12.2. The predicted molar refractivity (Wildman–Crippen MR) is 138 cm³/mol. The molecule has 180 valence electrons. The first-order valence-electron chi connectivity index (χ1n) is 11.8. The van der Waals surface area contributed by atoms with E-state index in [2.05, 4.69) is 33.3 Å². The third kappa shape index (κ3) is 8.54. The Hall–Kier alpha value is -2.27. The van der Waals surface area contributed by atoms with Gasteiger partial charge in [0, 0.05) is 25.8 Å². The summed E-state index contributed by atoms with van der Waals surface area (Å²) in [5.74, 6) is 0. The highest BCUT2D eigenvalue weighted by Gasteiger charge is 2.23. The highest BCUT2D eigenvalue weighted by atomic mass is 32.1. The van der Waals surface area contributed by atoms with Crippen LogP contribution in [0.1, 0.15) is 49.7 Å². The van der Waals surface area contributed by atoms with Gasteiger partial charge in [0.25, 0.3) is 0 Å². The van der Waals surface area contributed by atoms with Gasteiger partial charge in [0.1, 0.15) is 6.17 Å². The second kappa shape index (κ2) is 14.8. The highest BCUT2D eigenvalue weighted by Crippen LogP contribution is 2.27. The number of nitriles is 1. The number of benzene rings is 1. The normalized spacial score (nSPS) is 16.2. The van der Waals surface area contributed by atoms with Crippen LogP contribution >= 0.6 is 12.6 Å². The van der Waals surface area contributed by atoms with Crippen LogP contribution in [0.25, 0.3) is 0 Å². The maximum atomic E-state index is 14.1. The van der Waals surface area contributed by atoms with Gasteiger partial charge in [-0.3, -0.25) is 0 Å². The molecule has 1 aromatic rings. The Labute approximate surface area is 204 Å². The van der Waals surface area contributed by atoms with Crippen molar-refractivity contribution in [3.05, 3.63) is 70.4 Å². The molecule has 2 N–H and O–H groups in total. The average molecular weight is 472 g/mol. The van der Waals surface area contributed by atoms with Crippen LogP contribution in [0.4, 0.5) is 4.39 Å². The maximum Gasteiger partial charge on any atom is 0.102 e. The van der Waals surface area contributed by atoms with E-state index in [9.17, 15) is 9.65 Å². The third-order valence-corrected chi connectivity index (χ3v) is 6.37. The van der Waals surface area contributed by atoms with Crippen LogP contribution in [-0.4, -0.2) is 49.9 Å². The zero-order valence-electron chi connectivity index (χ0n) is 20.0. The van der Waals surface area contributed by atoms with Crippen molar-refractivity contribution in [2.24, 2.45) is 0 Å². The van der Waals surface area contributed by atoms with Gasteiger partial charge in [-0.15, -0.1) is 12.6 Å². The minimum Gasteiger partial charge on any atom is -0.388 e. The van der Waals surface area contributed by atoms with Crippen molar-refractivity contribution in [3.8, 4) is 6.07 Å². The summed E-state index contributed by atoms with van der Waals surface area (Å²) in [6.45, 7) is 7.22. The zero-order chi connectivity index (χ0) is 24.1. The lowest BCUT2D eigenvalue weighted by Gasteiger charge is -2.40. The number of halogens is 1. The number of thiol groups is 1. The SMILES string of the molecule is C=C(NC)/C(S)=C(/C=C/CCC(F)CCNC)N(Cc1ccccc1C#N)N1CCCCC1. The number of hydrazine groups is 1. The molecule has 33 heavy (non-hydrogen) atoms. The van der Waals surface area contributed by atoms with Crippen molar-refractivity contribution in [2.75, 3.05) is 33.7 Å². The minimum atomic E-state index is -0.821. The van der Waals surface area contributed by atoms with E-state index in [1.165, 1.54) is 6.42 Å². The predicted octanol–water partition coefficient (Wildman–Crippen LogP) is 4.92. The number of alkyl halides is 1. The molecule has 0 aromatic heterocycles. The van der Waals surface area contributed by atoms with Crippen LogP contribution in [0.3, 0.4) is 0 Å². The molecule has 5 nitrogen and oxygen atoms in total. The van der Waals surface area contributed by atoms with Crippen LogP contribution in [0.2, 0.25) is 0 Å². The Morgan fingerprint density at radius 2 is 2.00 bits per heavy atom. The van der Waals surface area contributed by atoms with Gasteiger partial charge in [0.05, 0.1) is 28.8 Å². The summed E-state index contributed by atoms with van der Waals surface area (Å²) in [4.78, 5) is 0.737. The summed E-state index contributed by atoms with van der Waals surface area (Å²) in [6, 6.07) is 10.0. The Morgan fingerprint density at radius 3 is 2.67 bits per heavy atom. The number of rotatable bonds is 13. The van der Waals surface area contributed by atoms with Crippen LogP contribution in [0.5, 0.6) is 0 Å². The lowest BCUT2D eigenvalue weighted by atomic mass is 10.1. The summed E-state index contributed by atoms with van der Waals surface area (Å²) >= 11 is 4.81. The number of piperidine rings is 1. The van der Waals surface area contributed by atoms with E-state index in [0.717, 1.165) is 42.1 Å². The van der Waals surface area contributed by atoms with Gasteiger partial charge in [-0.2, -0.15) is 5.26 Å². The van der Waals surface area contributed by atoms with Gasteiger partial charge in [-0.1, -0.05) is 37.3 Å². The van der Waals surface area contributed by atoms with Crippen LogP contribution in [0.15, 0.2) is 59.3 Å². The van der Waals surface area contributed by atoms with E-state index >= 15 is 0 Å². The molecule has 1 heterocycles. The topological polar surface area (TPSA) is 54.3 Å². The molecule has 0 spiro atoms. The van der Waals surface area contributed by atoms with Gasteiger partial charge in [0.2, 0.25) is 0 Å². The van der Waals surface area contributed by atoms with Gasteiger partial charge in [-0.25, -0.2) is 9.40 Å². The van der Waals surface area contributed by atoms with Crippen molar-refractivity contribution in [1.29, 1.82) is 5.26 Å². The van der Waals surface area contributed by atoms with Crippen LogP contribution in [0, 0.1) is 11.3 Å². The van der Waals surface area contributed by atoms with Crippen molar-refractivity contribution >= 4 is 12.6 Å². The fourth-order valence-electron chi connectivity index (χ4n) is 3.86. The van der Waals surface area contributed by atoms with Gasteiger partial charge >= 0.3 is 0 Å². The average Bonchev–Trinajstić information content (AvgIpc) is 2.86. The maximum absolute atomic E-state index is 14.1. The van der Waals surface area contributed by atoms with E-state index in [4.69, 9.17) is 12.6 Å². The second-order valence-electron chi connectivity index (χ2n) is 8.27. The first kappa shape index (κ1) is 27.0. The third-order valence-electron chi connectivity index (χ3n) is 5.87. The van der Waals surface area contributed by atoms with E-state index in [1.807, 2.05) is 50.5 Å². The molecule has 1 saturated heterocycles. The number of likely N-dealkylation sites (N-methyl/N-ethyl adjacent to an activating group) is 1. The Morgan fingerprint density at radius 1 is 1.27 bits per heavy atom. The molecule has 1 aromatic carbocycles. The first-order chi connectivity index (χ1) is 16.0. The number of allylic oxidation sites excluding steroid dienone is 2. The van der Waals surface area contributed by atoms with Crippen molar-refractivity contribution < 1.29 is 4.39 Å². The molecule has 0 amide bonds. The standard InChI is InChI=1S/C26H38FN5S/c1-21(30-3)26(33)25(14-8-7-13-24(27)15-16-29-2)32(31-17-9-4-10-18-31)20-23-12-6-5-11-22(23)19-28/h5-6,8,11-12,14,24,29-30,33H,1,4,7,9-10,13,15-18,20H2,2-3H3/b14-8+,26-25+. The van der Waals surface area contributed by atoms with Gasteiger partial charge < -0.3 is 15.6 Å². The molecule has 0 saturated carbocycles. The summed E-state index contributed by atoms with van der Waals surface area (Å²) in [6.07, 6.45) is 8.34. The van der Waals surface area contributed by atoms with Crippen LogP contribution in [-0.2, 0) is 6.54 Å². The monoisotopic (exact) mass is 471 g/mol. The molecule has 1 unspecified atom stereocenters. The van der Waals surface area contributed by atoms with Gasteiger partial charge in [0.15, 0.2) is 0 Å². The summed E-state index contributed by atoms with van der Waals surface area (Å²) < 4.78 is 14.1. The molecule has 1 atom stereocenters. The molecular weight excluding hydrogens is 433 g/mol. The lowest BCUT2D eigenvalue weighted by molar-refractivity contribution is -0.0122. The Kier molecular flexibility index (Phi) is 12.1. The van der Waals surface area contributed by atoms with Gasteiger partial charge in [-0.05, 0) is 63.4 Å². The highest BCUT2D eigenvalue weighted by molar-refractivity contribution is 7.84. The van der Waals surface area contributed by atoms with Crippen molar-refractivity contribution in [2.45, 2.75) is 51.2 Å². The summed E-state index contributed by atoms with van der Waals surface area (Å²) in [5.41, 5.74) is 3.24. The Balaban J connectivity index is 2.35.